The third kappa shape index (κ3) is 3.73. The van der Waals surface area contributed by atoms with Crippen LogP contribution in [-0.4, -0.2) is 41.9 Å². The Morgan fingerprint density at radius 2 is 1.94 bits per heavy atom. The van der Waals surface area contributed by atoms with Gasteiger partial charge < -0.3 is 15.7 Å². The topological polar surface area (TPSA) is 66.6 Å². The van der Waals surface area contributed by atoms with Crippen molar-refractivity contribution < 1.29 is 9.90 Å². The van der Waals surface area contributed by atoms with E-state index in [4.69, 9.17) is 10.8 Å². The highest BCUT2D eigenvalue weighted by Gasteiger charge is 2.27. The van der Waals surface area contributed by atoms with E-state index >= 15 is 0 Å². The largest absolute Gasteiger partial charge is 0.480 e. The molecule has 1 aromatic carbocycles. The standard InChI is InChI=1S/C13H20N2O2S/c1-4-18-10-7-5-9(6-8-10)12(15(2)3)11(14)13(16)17/h5-8,11-12H,4,14H2,1-3H3,(H,16,17). The Bertz CT molecular complexity index is 392. The van der Waals surface area contributed by atoms with Crippen LogP contribution in [0.2, 0.25) is 0 Å². The number of nitrogens with zero attached hydrogens (tertiary/aromatic N) is 1. The van der Waals surface area contributed by atoms with Crippen LogP contribution in [-0.2, 0) is 4.79 Å². The number of thioether (sulfide) groups is 1. The molecule has 0 spiro atoms. The molecule has 0 aliphatic carbocycles. The summed E-state index contributed by atoms with van der Waals surface area (Å²) in [6.45, 7) is 2.10. The molecule has 0 saturated carbocycles. The van der Waals surface area contributed by atoms with Crippen molar-refractivity contribution in [2.45, 2.75) is 23.9 Å². The molecule has 0 saturated heterocycles. The fourth-order valence-electron chi connectivity index (χ4n) is 1.89. The zero-order valence-electron chi connectivity index (χ0n) is 11.0. The van der Waals surface area contributed by atoms with Crippen LogP contribution in [0.4, 0.5) is 0 Å². The van der Waals surface area contributed by atoms with Crippen molar-refractivity contribution in [2.24, 2.45) is 5.73 Å². The fourth-order valence-corrected chi connectivity index (χ4v) is 2.55. The Kier molecular flexibility index (Phi) is 5.65. The summed E-state index contributed by atoms with van der Waals surface area (Å²) in [6.07, 6.45) is 0. The molecule has 1 aromatic rings. The van der Waals surface area contributed by atoms with E-state index in [9.17, 15) is 4.79 Å². The monoisotopic (exact) mass is 268 g/mol. The second-order valence-electron chi connectivity index (χ2n) is 4.27. The van der Waals surface area contributed by atoms with Gasteiger partial charge >= 0.3 is 5.97 Å². The van der Waals surface area contributed by atoms with Gasteiger partial charge in [-0.3, -0.25) is 4.79 Å². The second kappa shape index (κ2) is 6.78. The Labute approximate surface area is 112 Å². The maximum Gasteiger partial charge on any atom is 0.322 e. The van der Waals surface area contributed by atoms with Gasteiger partial charge in [-0.25, -0.2) is 0 Å². The summed E-state index contributed by atoms with van der Waals surface area (Å²) in [6, 6.07) is 6.67. The van der Waals surface area contributed by atoms with Crippen LogP contribution in [0.1, 0.15) is 18.5 Å². The van der Waals surface area contributed by atoms with Crippen molar-refractivity contribution >= 4 is 17.7 Å². The number of rotatable bonds is 6. The Hall–Kier alpha value is -1.04. The van der Waals surface area contributed by atoms with Crippen LogP contribution in [0.15, 0.2) is 29.2 Å². The SMILES string of the molecule is CCSc1ccc(C(C(N)C(=O)O)N(C)C)cc1. The Morgan fingerprint density at radius 3 is 2.33 bits per heavy atom. The van der Waals surface area contributed by atoms with E-state index < -0.39 is 12.0 Å². The van der Waals surface area contributed by atoms with Crippen LogP contribution < -0.4 is 5.73 Å². The number of carboxylic acid groups (broad SMARTS) is 1. The quantitative estimate of drug-likeness (QED) is 0.770. The average molecular weight is 268 g/mol. The van der Waals surface area contributed by atoms with E-state index in [0.29, 0.717) is 0 Å². The molecule has 1 rings (SSSR count). The third-order valence-electron chi connectivity index (χ3n) is 2.71. The van der Waals surface area contributed by atoms with E-state index in [1.54, 1.807) is 11.8 Å². The summed E-state index contributed by atoms with van der Waals surface area (Å²) in [4.78, 5) is 14.0. The van der Waals surface area contributed by atoms with Crippen LogP contribution in [0, 0.1) is 0 Å². The van der Waals surface area contributed by atoms with Gasteiger partial charge in [0.15, 0.2) is 0 Å². The predicted octanol–water partition coefficient (Wildman–Crippen LogP) is 1.81. The molecule has 0 amide bonds. The molecule has 2 atom stereocenters. The van der Waals surface area contributed by atoms with Gasteiger partial charge in [0.2, 0.25) is 0 Å². The van der Waals surface area contributed by atoms with Crippen LogP contribution in [0.5, 0.6) is 0 Å². The fraction of sp³-hybridized carbons (Fsp3) is 0.462. The number of benzene rings is 1. The molecule has 100 valence electrons. The minimum atomic E-state index is -0.985. The van der Waals surface area contributed by atoms with Crippen LogP contribution in [0.3, 0.4) is 0 Å². The highest BCUT2D eigenvalue weighted by Crippen LogP contribution is 2.25. The molecular weight excluding hydrogens is 248 g/mol. The molecule has 18 heavy (non-hydrogen) atoms. The molecule has 0 radical (unpaired) electrons. The van der Waals surface area contributed by atoms with Crippen molar-refractivity contribution in [1.29, 1.82) is 0 Å². The van der Waals surface area contributed by atoms with Gasteiger partial charge in [-0.15, -0.1) is 11.8 Å². The van der Waals surface area contributed by atoms with Crippen molar-refractivity contribution in [3.8, 4) is 0 Å². The predicted molar refractivity (Wildman–Crippen MR) is 74.9 cm³/mol. The lowest BCUT2D eigenvalue weighted by Gasteiger charge is -2.28. The molecule has 0 aliphatic heterocycles. The van der Waals surface area contributed by atoms with Gasteiger partial charge in [-0.05, 0) is 37.5 Å². The van der Waals surface area contributed by atoms with Gasteiger partial charge in [0.1, 0.15) is 6.04 Å². The maximum absolute atomic E-state index is 11.0. The smallest absolute Gasteiger partial charge is 0.322 e. The Morgan fingerprint density at radius 1 is 1.39 bits per heavy atom. The van der Waals surface area contributed by atoms with E-state index in [0.717, 1.165) is 11.3 Å². The first-order chi connectivity index (χ1) is 8.47. The number of carbonyl (C=O) groups is 1. The molecule has 0 aromatic heterocycles. The number of carboxylic acids is 1. The lowest BCUT2D eigenvalue weighted by atomic mass is 9.99. The third-order valence-corrected chi connectivity index (χ3v) is 3.61. The van der Waals surface area contributed by atoms with Crippen LogP contribution >= 0.6 is 11.8 Å². The molecule has 0 fully saturated rings. The summed E-state index contributed by atoms with van der Waals surface area (Å²) in [5, 5.41) is 9.05. The van der Waals surface area contributed by atoms with Crippen molar-refractivity contribution in [3.63, 3.8) is 0 Å². The van der Waals surface area contributed by atoms with E-state index in [2.05, 4.69) is 6.92 Å². The number of likely N-dealkylation sites (N-methyl/N-ethyl adjacent to an activating group) is 1. The first-order valence-corrected chi connectivity index (χ1v) is 6.83. The highest BCUT2D eigenvalue weighted by molar-refractivity contribution is 7.99. The average Bonchev–Trinajstić information content (AvgIpc) is 2.31. The van der Waals surface area contributed by atoms with Gasteiger partial charge in [-0.2, -0.15) is 0 Å². The Balaban J connectivity index is 2.96. The zero-order chi connectivity index (χ0) is 13.7. The van der Waals surface area contributed by atoms with E-state index in [1.807, 2.05) is 43.3 Å². The van der Waals surface area contributed by atoms with Gasteiger partial charge in [-0.1, -0.05) is 19.1 Å². The number of aliphatic carboxylic acids is 1. The zero-order valence-corrected chi connectivity index (χ0v) is 11.8. The van der Waals surface area contributed by atoms with E-state index in [-0.39, 0.29) is 6.04 Å². The molecular formula is C13H20N2O2S. The minimum absolute atomic E-state index is 0.317. The van der Waals surface area contributed by atoms with Crippen molar-refractivity contribution in [1.82, 2.24) is 4.90 Å². The molecule has 0 bridgehead atoms. The van der Waals surface area contributed by atoms with Gasteiger partial charge in [0.25, 0.3) is 0 Å². The van der Waals surface area contributed by atoms with Gasteiger partial charge in [0, 0.05) is 4.90 Å². The summed E-state index contributed by atoms with van der Waals surface area (Å²) >= 11 is 1.76. The molecule has 3 N–H and O–H groups in total. The number of hydrogen-bond donors (Lipinski definition) is 2. The second-order valence-corrected chi connectivity index (χ2v) is 5.61. The summed E-state index contributed by atoms with van der Waals surface area (Å²) in [5.74, 6) is 0.0335. The number of hydrogen-bond acceptors (Lipinski definition) is 4. The summed E-state index contributed by atoms with van der Waals surface area (Å²) < 4.78 is 0. The normalized spacial score (nSPS) is 14.5. The molecule has 4 nitrogen and oxygen atoms in total. The maximum atomic E-state index is 11.0. The summed E-state index contributed by atoms with van der Waals surface area (Å²) in [7, 11) is 3.67. The lowest BCUT2D eigenvalue weighted by molar-refractivity contribution is -0.140. The summed E-state index contributed by atoms with van der Waals surface area (Å²) in [5.41, 5.74) is 6.67. The van der Waals surface area contributed by atoms with Crippen LogP contribution in [0.25, 0.3) is 0 Å². The molecule has 5 heteroatoms. The number of nitrogens with two attached hydrogens (primary N) is 1. The minimum Gasteiger partial charge on any atom is -0.480 e. The molecule has 2 unspecified atom stereocenters. The van der Waals surface area contributed by atoms with Gasteiger partial charge in [0.05, 0.1) is 6.04 Å². The highest BCUT2D eigenvalue weighted by atomic mass is 32.2. The first kappa shape index (κ1) is 15.0. The first-order valence-electron chi connectivity index (χ1n) is 5.85. The van der Waals surface area contributed by atoms with Crippen molar-refractivity contribution in [2.75, 3.05) is 19.8 Å². The molecule has 0 heterocycles. The van der Waals surface area contributed by atoms with E-state index in [1.165, 1.54) is 4.90 Å². The molecule has 0 aliphatic rings. The van der Waals surface area contributed by atoms with Crippen molar-refractivity contribution in [3.05, 3.63) is 29.8 Å². The lowest BCUT2D eigenvalue weighted by Crippen LogP contribution is -2.43.